The van der Waals surface area contributed by atoms with Gasteiger partial charge < -0.3 is 4.90 Å². The number of rotatable bonds is 6. The molecule has 0 bridgehead atoms. The number of hydrogen-bond acceptors (Lipinski definition) is 3. The Morgan fingerprint density at radius 1 is 1.45 bits per heavy atom. The van der Waals surface area contributed by atoms with Gasteiger partial charge in [0, 0.05) is 31.7 Å². The normalized spacial score (nSPS) is 12.3. The Kier molecular flexibility index (Phi) is 4.55. The summed E-state index contributed by atoms with van der Waals surface area (Å²) in [5, 5.41) is 8.36. The van der Waals surface area contributed by atoms with E-state index in [0.29, 0.717) is 19.6 Å². The summed E-state index contributed by atoms with van der Waals surface area (Å²) < 4.78 is 3.55. The molecule has 108 valence electrons. The summed E-state index contributed by atoms with van der Waals surface area (Å²) in [6.45, 7) is 7.88. The number of aryl methyl sites for hydroxylation is 1. The molecule has 6 heteroatoms. The minimum Gasteiger partial charge on any atom is -0.339 e. The Morgan fingerprint density at radius 2 is 2.25 bits per heavy atom. The van der Waals surface area contributed by atoms with Gasteiger partial charge in [-0.25, -0.2) is 0 Å². The Hall–Kier alpha value is -2.11. The van der Waals surface area contributed by atoms with Crippen LogP contribution < -0.4 is 0 Å². The first-order chi connectivity index (χ1) is 9.61. The highest BCUT2D eigenvalue weighted by molar-refractivity contribution is 5.79. The highest BCUT2D eigenvalue weighted by Gasteiger charge is 2.21. The molecule has 6 nitrogen and oxygen atoms in total. The summed E-state index contributed by atoms with van der Waals surface area (Å²) in [5.74, 6) is 0.0859. The molecule has 20 heavy (non-hydrogen) atoms. The molecule has 2 aromatic rings. The Balaban J connectivity index is 1.97. The molecule has 0 N–H and O–H groups in total. The van der Waals surface area contributed by atoms with Crippen LogP contribution in [0.2, 0.25) is 0 Å². The van der Waals surface area contributed by atoms with Gasteiger partial charge in [0.05, 0.1) is 12.7 Å². The van der Waals surface area contributed by atoms with Gasteiger partial charge in [-0.05, 0) is 32.4 Å². The summed E-state index contributed by atoms with van der Waals surface area (Å²) in [6, 6.07) is 1.61. The minimum absolute atomic E-state index is 0.0859. The summed E-state index contributed by atoms with van der Waals surface area (Å²) in [5.41, 5.74) is 1.06. The first-order valence-corrected chi connectivity index (χ1v) is 6.88. The van der Waals surface area contributed by atoms with Crippen LogP contribution in [-0.2, 0) is 11.3 Å². The monoisotopic (exact) mass is 275 g/mol. The molecular formula is C14H21N5O. The van der Waals surface area contributed by atoms with Crippen LogP contribution in [0.15, 0.2) is 30.9 Å². The Morgan fingerprint density at radius 3 is 2.80 bits per heavy atom. The molecule has 0 aliphatic heterocycles. The van der Waals surface area contributed by atoms with Crippen molar-refractivity contribution < 1.29 is 4.79 Å². The average Bonchev–Trinajstić information content (AvgIpc) is 3.09. The third-order valence-electron chi connectivity index (χ3n) is 3.34. The highest BCUT2D eigenvalue weighted by Crippen LogP contribution is 2.10. The molecule has 0 unspecified atom stereocenters. The molecule has 1 amide bonds. The maximum absolute atomic E-state index is 12.5. The van der Waals surface area contributed by atoms with E-state index in [1.807, 2.05) is 48.8 Å². The van der Waals surface area contributed by atoms with Crippen molar-refractivity contribution in [3.05, 3.63) is 36.4 Å². The van der Waals surface area contributed by atoms with Crippen LogP contribution in [0.5, 0.6) is 0 Å². The van der Waals surface area contributed by atoms with Gasteiger partial charge in [-0.2, -0.15) is 10.2 Å². The van der Waals surface area contributed by atoms with Crippen molar-refractivity contribution in [3.63, 3.8) is 0 Å². The van der Waals surface area contributed by atoms with Gasteiger partial charge in [0.25, 0.3) is 0 Å². The molecule has 0 saturated carbocycles. The first-order valence-electron chi connectivity index (χ1n) is 6.88. The third-order valence-corrected chi connectivity index (χ3v) is 3.34. The van der Waals surface area contributed by atoms with E-state index in [1.54, 1.807) is 17.1 Å². The lowest BCUT2D eigenvalue weighted by molar-refractivity contribution is -0.134. The van der Waals surface area contributed by atoms with Crippen molar-refractivity contribution in [1.29, 1.82) is 0 Å². The Bertz CT molecular complexity index is 546. The second-order valence-corrected chi connectivity index (χ2v) is 4.86. The average molecular weight is 275 g/mol. The SMILES string of the molecule is CCN(CCn1cccn1)C(=O)[C@H](C)n1cc(C)cn1. The van der Waals surface area contributed by atoms with Gasteiger partial charge in [0.2, 0.25) is 5.91 Å². The van der Waals surface area contributed by atoms with Gasteiger partial charge in [0.1, 0.15) is 6.04 Å². The third kappa shape index (κ3) is 3.26. The molecule has 2 heterocycles. The van der Waals surface area contributed by atoms with E-state index >= 15 is 0 Å². The van der Waals surface area contributed by atoms with Crippen molar-refractivity contribution in [1.82, 2.24) is 24.5 Å². The molecule has 0 saturated heterocycles. The number of carbonyl (C=O) groups excluding carboxylic acids is 1. The molecule has 0 radical (unpaired) electrons. The molecule has 0 aliphatic rings. The van der Waals surface area contributed by atoms with E-state index in [0.717, 1.165) is 5.56 Å². The summed E-state index contributed by atoms with van der Waals surface area (Å²) in [7, 11) is 0. The molecule has 0 aliphatic carbocycles. The van der Waals surface area contributed by atoms with E-state index in [1.165, 1.54) is 0 Å². The van der Waals surface area contributed by atoms with E-state index in [-0.39, 0.29) is 11.9 Å². The second-order valence-electron chi connectivity index (χ2n) is 4.86. The van der Waals surface area contributed by atoms with Crippen molar-refractivity contribution in [2.75, 3.05) is 13.1 Å². The van der Waals surface area contributed by atoms with Crippen LogP contribution in [0.1, 0.15) is 25.5 Å². The summed E-state index contributed by atoms with van der Waals surface area (Å²) in [4.78, 5) is 14.3. The van der Waals surface area contributed by atoms with E-state index in [2.05, 4.69) is 10.2 Å². The molecule has 1 atom stereocenters. The van der Waals surface area contributed by atoms with E-state index in [9.17, 15) is 4.79 Å². The number of aromatic nitrogens is 4. The van der Waals surface area contributed by atoms with Crippen LogP contribution in [0.25, 0.3) is 0 Å². The van der Waals surface area contributed by atoms with Gasteiger partial charge in [0.15, 0.2) is 0 Å². The van der Waals surface area contributed by atoms with Crippen LogP contribution in [0.4, 0.5) is 0 Å². The lowest BCUT2D eigenvalue weighted by Gasteiger charge is -2.24. The largest absolute Gasteiger partial charge is 0.339 e. The number of likely N-dealkylation sites (N-methyl/N-ethyl adjacent to an activating group) is 1. The first kappa shape index (κ1) is 14.3. The standard InChI is InChI=1S/C14H21N5O/c1-4-17(8-9-18-7-5-6-15-18)14(20)13(3)19-11-12(2)10-16-19/h5-7,10-11,13H,4,8-9H2,1-3H3/t13-/m0/s1. The Labute approximate surface area is 119 Å². The zero-order valence-corrected chi connectivity index (χ0v) is 12.2. The number of hydrogen-bond donors (Lipinski definition) is 0. The molecule has 2 aromatic heterocycles. The number of carbonyl (C=O) groups is 1. The van der Waals surface area contributed by atoms with Crippen molar-refractivity contribution in [2.24, 2.45) is 0 Å². The van der Waals surface area contributed by atoms with Gasteiger partial charge in [-0.1, -0.05) is 0 Å². The molecule has 2 rings (SSSR count). The smallest absolute Gasteiger partial charge is 0.247 e. The lowest BCUT2D eigenvalue weighted by atomic mass is 10.3. The summed E-state index contributed by atoms with van der Waals surface area (Å²) in [6.07, 6.45) is 7.31. The molecule has 0 fully saturated rings. The maximum atomic E-state index is 12.5. The highest BCUT2D eigenvalue weighted by atomic mass is 16.2. The van der Waals surface area contributed by atoms with Gasteiger partial charge in [-0.3, -0.25) is 14.2 Å². The zero-order valence-electron chi connectivity index (χ0n) is 12.2. The topological polar surface area (TPSA) is 56.0 Å². The quantitative estimate of drug-likeness (QED) is 0.802. The van der Waals surface area contributed by atoms with Crippen molar-refractivity contribution in [2.45, 2.75) is 33.4 Å². The van der Waals surface area contributed by atoms with Crippen molar-refractivity contribution >= 4 is 5.91 Å². The van der Waals surface area contributed by atoms with E-state index < -0.39 is 0 Å². The van der Waals surface area contributed by atoms with Crippen LogP contribution >= 0.6 is 0 Å². The fourth-order valence-corrected chi connectivity index (χ4v) is 2.10. The summed E-state index contributed by atoms with van der Waals surface area (Å²) >= 11 is 0. The lowest BCUT2D eigenvalue weighted by Crippen LogP contribution is -2.38. The number of nitrogens with zero attached hydrogens (tertiary/aromatic N) is 5. The van der Waals surface area contributed by atoms with Crippen LogP contribution in [0, 0.1) is 6.92 Å². The van der Waals surface area contributed by atoms with Gasteiger partial charge in [-0.15, -0.1) is 0 Å². The molecule has 0 spiro atoms. The fourth-order valence-electron chi connectivity index (χ4n) is 2.10. The molecular weight excluding hydrogens is 254 g/mol. The van der Waals surface area contributed by atoms with Crippen molar-refractivity contribution in [3.8, 4) is 0 Å². The second kappa shape index (κ2) is 6.36. The van der Waals surface area contributed by atoms with Gasteiger partial charge >= 0.3 is 0 Å². The number of amides is 1. The maximum Gasteiger partial charge on any atom is 0.247 e. The van der Waals surface area contributed by atoms with Crippen LogP contribution in [-0.4, -0.2) is 43.5 Å². The van der Waals surface area contributed by atoms with Crippen LogP contribution in [0.3, 0.4) is 0 Å². The zero-order chi connectivity index (χ0) is 14.5. The minimum atomic E-state index is -0.277. The predicted molar refractivity (Wildman–Crippen MR) is 76.2 cm³/mol. The van der Waals surface area contributed by atoms with E-state index in [4.69, 9.17) is 0 Å². The fraction of sp³-hybridized carbons (Fsp3) is 0.500. The molecule has 0 aromatic carbocycles. The predicted octanol–water partition coefficient (Wildman–Crippen LogP) is 1.50.